The molecule has 0 bridgehead atoms. The maximum Gasteiger partial charge on any atom is 0.307 e. The number of anilines is 2. The number of carbonyl (C=O) groups is 1. The summed E-state index contributed by atoms with van der Waals surface area (Å²) in [6.07, 6.45) is 1.65. The van der Waals surface area contributed by atoms with Crippen molar-refractivity contribution in [3.8, 4) is 10.7 Å². The lowest BCUT2D eigenvalue weighted by Gasteiger charge is -2.15. The van der Waals surface area contributed by atoms with Crippen LogP contribution in [0.15, 0.2) is 38.6 Å². The van der Waals surface area contributed by atoms with Crippen LogP contribution in [0.4, 0.5) is 11.5 Å². The highest BCUT2D eigenvalue weighted by Crippen LogP contribution is 2.38. The van der Waals surface area contributed by atoms with Gasteiger partial charge in [0.05, 0.1) is 15.1 Å². The van der Waals surface area contributed by atoms with Crippen molar-refractivity contribution in [1.82, 2.24) is 9.97 Å². The third-order valence-electron chi connectivity index (χ3n) is 4.22. The summed E-state index contributed by atoms with van der Waals surface area (Å²) < 4.78 is 1.99. The molecule has 0 atom stereocenters. The van der Waals surface area contributed by atoms with Gasteiger partial charge in [0.2, 0.25) is 0 Å². The van der Waals surface area contributed by atoms with Crippen LogP contribution in [0.3, 0.4) is 0 Å². The first-order chi connectivity index (χ1) is 13.4. The first-order valence-corrected chi connectivity index (χ1v) is 11.2. The predicted molar refractivity (Wildman–Crippen MR) is 121 cm³/mol. The van der Waals surface area contributed by atoms with Gasteiger partial charge < -0.3 is 10.4 Å². The number of rotatable bonds is 7. The monoisotopic (exact) mass is 523 g/mol. The van der Waals surface area contributed by atoms with E-state index in [1.54, 1.807) is 11.3 Å². The van der Waals surface area contributed by atoms with E-state index in [1.165, 1.54) is 0 Å². The molecule has 0 saturated carbocycles. The van der Waals surface area contributed by atoms with Gasteiger partial charge in [-0.2, -0.15) is 0 Å². The summed E-state index contributed by atoms with van der Waals surface area (Å²) in [5.41, 5.74) is 3.75. The summed E-state index contributed by atoms with van der Waals surface area (Å²) >= 11 is 8.64. The highest BCUT2D eigenvalue weighted by molar-refractivity contribution is 9.13. The van der Waals surface area contributed by atoms with Gasteiger partial charge in [0.25, 0.3) is 0 Å². The molecule has 28 heavy (non-hydrogen) atoms. The van der Waals surface area contributed by atoms with E-state index in [-0.39, 0.29) is 6.42 Å². The molecule has 1 aromatic carbocycles. The van der Waals surface area contributed by atoms with Crippen molar-refractivity contribution >= 4 is 60.7 Å². The molecule has 8 heteroatoms. The molecule has 0 aliphatic heterocycles. The molecule has 3 rings (SSSR count). The van der Waals surface area contributed by atoms with Crippen LogP contribution < -0.4 is 5.32 Å². The van der Waals surface area contributed by atoms with Crippen molar-refractivity contribution in [3.63, 3.8) is 0 Å². The quantitative estimate of drug-likeness (QED) is 0.383. The lowest BCUT2D eigenvalue weighted by atomic mass is 10.1. The zero-order valence-electron chi connectivity index (χ0n) is 15.4. The Morgan fingerprint density at radius 3 is 2.39 bits per heavy atom. The van der Waals surface area contributed by atoms with E-state index >= 15 is 0 Å². The summed E-state index contributed by atoms with van der Waals surface area (Å²) in [6, 6.07) is 9.41. The number of aliphatic carboxylic acids is 1. The van der Waals surface area contributed by atoms with Crippen LogP contribution in [0.1, 0.15) is 30.7 Å². The lowest BCUT2D eigenvalue weighted by molar-refractivity contribution is -0.136. The molecule has 0 aliphatic rings. The SMILES string of the molecule is CCc1nc(-c2cc(Br)c(Br)s2)nc(Nc2ccc(CC(=O)O)cc2)c1CC. The van der Waals surface area contributed by atoms with Crippen molar-refractivity contribution in [3.05, 3.63) is 55.4 Å². The Bertz CT molecular complexity index is 984. The smallest absolute Gasteiger partial charge is 0.307 e. The Labute approximate surface area is 184 Å². The third kappa shape index (κ3) is 4.79. The number of aromatic nitrogens is 2. The van der Waals surface area contributed by atoms with Crippen molar-refractivity contribution in [1.29, 1.82) is 0 Å². The number of nitrogens with zero attached hydrogens (tertiary/aromatic N) is 2. The fourth-order valence-corrected chi connectivity index (χ4v) is 4.85. The first-order valence-electron chi connectivity index (χ1n) is 8.84. The highest BCUT2D eigenvalue weighted by atomic mass is 79.9. The van der Waals surface area contributed by atoms with Gasteiger partial charge in [-0.3, -0.25) is 4.79 Å². The number of halogens is 2. The Morgan fingerprint density at radius 2 is 1.86 bits per heavy atom. The summed E-state index contributed by atoms with van der Waals surface area (Å²) in [6.45, 7) is 4.19. The van der Waals surface area contributed by atoms with Crippen LogP contribution in [0.2, 0.25) is 0 Å². The molecular formula is C20H19Br2N3O2S. The molecule has 2 aromatic heterocycles. The molecule has 5 nitrogen and oxygen atoms in total. The van der Waals surface area contributed by atoms with E-state index in [4.69, 9.17) is 15.1 Å². The van der Waals surface area contributed by atoms with Gasteiger partial charge >= 0.3 is 5.97 Å². The van der Waals surface area contributed by atoms with E-state index < -0.39 is 5.97 Å². The summed E-state index contributed by atoms with van der Waals surface area (Å²) in [7, 11) is 0. The minimum atomic E-state index is -0.838. The largest absolute Gasteiger partial charge is 0.481 e. The Hall–Kier alpha value is -1.77. The Kier molecular flexibility index (Phi) is 6.85. The van der Waals surface area contributed by atoms with Crippen LogP contribution >= 0.6 is 43.2 Å². The van der Waals surface area contributed by atoms with Gasteiger partial charge in [-0.1, -0.05) is 26.0 Å². The molecule has 2 heterocycles. The first kappa shape index (κ1) is 21.0. The minimum absolute atomic E-state index is 0.0141. The second kappa shape index (κ2) is 9.15. The number of hydrogen-bond donors (Lipinski definition) is 2. The van der Waals surface area contributed by atoms with E-state index in [1.807, 2.05) is 30.3 Å². The number of hydrogen-bond acceptors (Lipinski definition) is 5. The van der Waals surface area contributed by atoms with Crippen LogP contribution in [-0.4, -0.2) is 21.0 Å². The molecule has 146 valence electrons. The van der Waals surface area contributed by atoms with Crippen molar-refractivity contribution < 1.29 is 9.90 Å². The van der Waals surface area contributed by atoms with Gasteiger partial charge in [0.1, 0.15) is 5.82 Å². The average Bonchev–Trinajstić information content (AvgIpc) is 3.01. The fourth-order valence-electron chi connectivity index (χ4n) is 2.88. The van der Waals surface area contributed by atoms with E-state index in [0.29, 0.717) is 5.82 Å². The average molecular weight is 525 g/mol. The molecule has 0 amide bonds. The number of carboxylic acids is 1. The van der Waals surface area contributed by atoms with Crippen LogP contribution in [0, 0.1) is 0 Å². The predicted octanol–water partition coefficient (Wildman–Crippen LogP) is 6.23. The molecule has 0 spiro atoms. The van der Waals surface area contributed by atoms with Gasteiger partial charge in [-0.05, 0) is 68.5 Å². The second-order valence-electron chi connectivity index (χ2n) is 6.15. The molecule has 0 fully saturated rings. The molecule has 0 unspecified atom stereocenters. The summed E-state index contributed by atoms with van der Waals surface area (Å²) in [4.78, 5) is 21.4. The zero-order chi connectivity index (χ0) is 20.3. The van der Waals surface area contributed by atoms with Crippen molar-refractivity contribution in [2.75, 3.05) is 5.32 Å². The van der Waals surface area contributed by atoms with Crippen LogP contribution in [0.25, 0.3) is 10.7 Å². The van der Waals surface area contributed by atoms with Crippen LogP contribution in [0.5, 0.6) is 0 Å². The fraction of sp³-hybridized carbons (Fsp3) is 0.250. The lowest BCUT2D eigenvalue weighted by Crippen LogP contribution is -2.07. The number of aryl methyl sites for hydroxylation is 1. The van der Waals surface area contributed by atoms with Gasteiger partial charge in [-0.25, -0.2) is 9.97 Å². The molecular weight excluding hydrogens is 506 g/mol. The molecule has 3 aromatic rings. The maximum absolute atomic E-state index is 10.9. The van der Waals surface area contributed by atoms with Gasteiger partial charge in [-0.15, -0.1) is 11.3 Å². The Balaban J connectivity index is 1.98. The van der Waals surface area contributed by atoms with Gasteiger partial charge in [0, 0.05) is 21.4 Å². The number of thiophene rings is 1. The number of benzene rings is 1. The Morgan fingerprint density at radius 1 is 1.14 bits per heavy atom. The summed E-state index contributed by atoms with van der Waals surface area (Å²) in [5, 5.41) is 12.3. The van der Waals surface area contributed by atoms with Crippen LogP contribution in [-0.2, 0) is 24.1 Å². The molecule has 0 aliphatic carbocycles. The molecule has 0 saturated heterocycles. The number of nitrogens with one attached hydrogen (secondary N) is 1. The molecule has 0 radical (unpaired) electrons. The maximum atomic E-state index is 10.9. The normalized spacial score (nSPS) is 10.9. The zero-order valence-corrected chi connectivity index (χ0v) is 19.4. The summed E-state index contributed by atoms with van der Waals surface area (Å²) in [5.74, 6) is 0.640. The third-order valence-corrected chi connectivity index (χ3v) is 7.47. The van der Waals surface area contributed by atoms with E-state index in [2.05, 4.69) is 51.0 Å². The highest BCUT2D eigenvalue weighted by Gasteiger charge is 2.16. The second-order valence-corrected chi connectivity index (χ2v) is 9.38. The van der Waals surface area contributed by atoms with Gasteiger partial charge in [0.15, 0.2) is 5.82 Å². The topological polar surface area (TPSA) is 75.1 Å². The van der Waals surface area contributed by atoms with E-state index in [9.17, 15) is 4.79 Å². The minimum Gasteiger partial charge on any atom is -0.481 e. The van der Waals surface area contributed by atoms with Crippen molar-refractivity contribution in [2.45, 2.75) is 33.1 Å². The van der Waals surface area contributed by atoms with Crippen molar-refractivity contribution in [2.24, 2.45) is 0 Å². The molecule has 2 N–H and O–H groups in total. The number of carboxylic acid groups (broad SMARTS) is 1. The van der Waals surface area contributed by atoms with E-state index in [0.717, 1.165) is 54.3 Å². The standard InChI is InChI=1S/C20H19Br2N3O2S/c1-3-13-15(4-2)24-20(16-10-14(21)18(22)28-16)25-19(13)23-12-7-5-11(6-8-12)9-17(26)27/h5-8,10H,3-4,9H2,1-2H3,(H,26,27)(H,23,24,25).